The Morgan fingerprint density at radius 3 is 2.56 bits per heavy atom. The minimum absolute atomic E-state index is 0.0114. The Morgan fingerprint density at radius 2 is 2.06 bits per heavy atom. The van der Waals surface area contributed by atoms with Gasteiger partial charge in [0, 0.05) is 13.7 Å². The minimum atomic E-state index is -1.13. The number of nitrogens with zero attached hydrogens (tertiary/aromatic N) is 1. The molecular weight excluding hydrogens is 218 g/mol. The van der Waals surface area contributed by atoms with Crippen LogP contribution in [0.25, 0.3) is 0 Å². The summed E-state index contributed by atoms with van der Waals surface area (Å²) in [7, 11) is 1.45. The fraction of sp³-hybridized carbons (Fsp3) is 0.778. The van der Waals surface area contributed by atoms with Crippen LogP contribution in [0.5, 0.6) is 0 Å². The lowest BCUT2D eigenvalue weighted by atomic mass is 9.96. The third-order valence-corrected chi connectivity index (χ3v) is 2.45. The topological polar surface area (TPSA) is 96.3 Å². The fourth-order valence-corrected chi connectivity index (χ4v) is 1.67. The van der Waals surface area contributed by atoms with Crippen molar-refractivity contribution in [1.29, 1.82) is 0 Å². The fourth-order valence-electron chi connectivity index (χ4n) is 1.67. The van der Waals surface area contributed by atoms with Gasteiger partial charge in [0.2, 0.25) is 0 Å². The average Bonchev–Trinajstić information content (AvgIpc) is 2.25. The smallest absolute Gasteiger partial charge is 0.407 e. The molecule has 7 heteroatoms. The molecule has 1 heterocycles. The molecule has 1 fully saturated rings. The highest BCUT2D eigenvalue weighted by atomic mass is 16.7. The van der Waals surface area contributed by atoms with Gasteiger partial charge in [-0.3, -0.25) is 4.79 Å². The Hall–Kier alpha value is -1.34. The number of ether oxygens (including phenoxy) is 2. The quantitative estimate of drug-likeness (QED) is 0.666. The summed E-state index contributed by atoms with van der Waals surface area (Å²) in [5.41, 5.74) is 0. The van der Waals surface area contributed by atoms with Gasteiger partial charge in [-0.25, -0.2) is 4.79 Å². The number of likely N-dealkylation sites (tertiary alicyclic amines) is 1. The summed E-state index contributed by atoms with van der Waals surface area (Å²) in [5, 5.41) is 17.7. The van der Waals surface area contributed by atoms with Crippen LogP contribution < -0.4 is 0 Å². The van der Waals surface area contributed by atoms with E-state index >= 15 is 0 Å². The Kier molecular flexibility index (Phi) is 4.51. The Balaban J connectivity index is 2.59. The van der Waals surface area contributed by atoms with Crippen molar-refractivity contribution < 1.29 is 29.3 Å². The molecule has 0 spiro atoms. The molecule has 1 saturated heterocycles. The normalized spacial score (nSPS) is 25.4. The summed E-state index contributed by atoms with van der Waals surface area (Å²) in [4.78, 5) is 22.7. The van der Waals surface area contributed by atoms with Gasteiger partial charge in [-0.2, -0.15) is 0 Å². The van der Waals surface area contributed by atoms with Crippen LogP contribution >= 0.6 is 0 Å². The van der Waals surface area contributed by atoms with Crippen molar-refractivity contribution in [1.82, 2.24) is 4.90 Å². The summed E-state index contributed by atoms with van der Waals surface area (Å²) in [6.45, 7) is 0.227. The van der Waals surface area contributed by atoms with E-state index in [1.807, 2.05) is 0 Å². The van der Waals surface area contributed by atoms with Crippen LogP contribution in [0.2, 0.25) is 0 Å². The van der Waals surface area contributed by atoms with E-state index in [-0.39, 0.29) is 19.9 Å². The molecule has 0 aromatic carbocycles. The summed E-state index contributed by atoms with van der Waals surface area (Å²) in [6.07, 6.45) is -1.24. The molecule has 1 aliphatic rings. The first-order chi connectivity index (χ1) is 7.54. The van der Waals surface area contributed by atoms with Crippen LogP contribution in [-0.2, 0) is 14.3 Å². The molecule has 1 amide bonds. The lowest BCUT2D eigenvalue weighted by Gasteiger charge is -2.34. The van der Waals surface area contributed by atoms with E-state index in [9.17, 15) is 9.59 Å². The van der Waals surface area contributed by atoms with Gasteiger partial charge in [-0.05, 0) is 6.42 Å². The second-order valence-corrected chi connectivity index (χ2v) is 3.65. The van der Waals surface area contributed by atoms with Gasteiger partial charge < -0.3 is 24.6 Å². The number of hydrogen-bond donors (Lipinski definition) is 2. The molecule has 7 nitrogen and oxygen atoms in total. The largest absolute Gasteiger partial charge is 0.481 e. The van der Waals surface area contributed by atoms with Gasteiger partial charge in [-0.15, -0.1) is 0 Å². The number of rotatable bonds is 4. The van der Waals surface area contributed by atoms with Gasteiger partial charge in [0.25, 0.3) is 0 Å². The van der Waals surface area contributed by atoms with Gasteiger partial charge in [-0.1, -0.05) is 0 Å². The van der Waals surface area contributed by atoms with Crippen LogP contribution in [0.4, 0.5) is 4.79 Å². The number of piperidine rings is 1. The maximum atomic E-state index is 10.8. The van der Waals surface area contributed by atoms with E-state index in [1.165, 1.54) is 7.11 Å². The number of carboxylic acid groups (broad SMARTS) is 2. The molecule has 16 heavy (non-hydrogen) atoms. The van der Waals surface area contributed by atoms with Crippen molar-refractivity contribution in [3.8, 4) is 0 Å². The van der Waals surface area contributed by atoms with Crippen molar-refractivity contribution in [2.45, 2.75) is 12.5 Å². The first kappa shape index (κ1) is 12.7. The van der Waals surface area contributed by atoms with Crippen molar-refractivity contribution in [3.05, 3.63) is 0 Å². The summed E-state index contributed by atoms with van der Waals surface area (Å²) >= 11 is 0. The monoisotopic (exact) mass is 233 g/mol. The molecule has 0 bridgehead atoms. The van der Waals surface area contributed by atoms with E-state index in [2.05, 4.69) is 0 Å². The lowest BCUT2D eigenvalue weighted by molar-refractivity contribution is -0.149. The molecule has 1 rings (SSSR count). The highest BCUT2D eigenvalue weighted by molar-refractivity contribution is 5.72. The van der Waals surface area contributed by atoms with Crippen molar-refractivity contribution in [2.24, 2.45) is 5.92 Å². The maximum absolute atomic E-state index is 10.8. The van der Waals surface area contributed by atoms with Gasteiger partial charge in [0.1, 0.15) is 6.79 Å². The molecule has 1 aliphatic heterocycles. The first-order valence-electron chi connectivity index (χ1n) is 4.85. The molecule has 0 aromatic rings. The lowest BCUT2D eigenvalue weighted by Crippen LogP contribution is -2.48. The zero-order valence-electron chi connectivity index (χ0n) is 8.96. The highest BCUT2D eigenvalue weighted by Crippen LogP contribution is 2.19. The van der Waals surface area contributed by atoms with Gasteiger partial charge in [0.05, 0.1) is 18.6 Å². The molecule has 0 saturated carbocycles. The van der Waals surface area contributed by atoms with Crippen LogP contribution in [0.3, 0.4) is 0 Å². The average molecular weight is 233 g/mol. The Morgan fingerprint density at radius 1 is 1.38 bits per heavy atom. The standard InChI is InChI=1S/C9H15NO6/c1-15-5-16-7-2-6(8(11)12)3-10(4-7)9(13)14/h6-7H,2-5H2,1H3,(H,11,12)(H,13,14)/t6-,7+/m1/s1. The number of carbonyl (C=O) groups is 2. The highest BCUT2D eigenvalue weighted by Gasteiger charge is 2.34. The molecule has 2 atom stereocenters. The van der Waals surface area contributed by atoms with Gasteiger partial charge in [0.15, 0.2) is 0 Å². The minimum Gasteiger partial charge on any atom is -0.481 e. The van der Waals surface area contributed by atoms with Crippen LogP contribution in [0.15, 0.2) is 0 Å². The predicted molar refractivity (Wildman–Crippen MR) is 52.1 cm³/mol. The van der Waals surface area contributed by atoms with Crippen LogP contribution in [0.1, 0.15) is 6.42 Å². The van der Waals surface area contributed by atoms with Crippen molar-refractivity contribution in [3.63, 3.8) is 0 Å². The van der Waals surface area contributed by atoms with E-state index in [0.717, 1.165) is 4.90 Å². The molecule has 0 radical (unpaired) electrons. The molecular formula is C9H15NO6. The van der Waals surface area contributed by atoms with Crippen LogP contribution in [-0.4, -0.2) is 60.3 Å². The van der Waals surface area contributed by atoms with Gasteiger partial charge >= 0.3 is 12.1 Å². The molecule has 0 aliphatic carbocycles. The number of carboxylic acids is 1. The molecule has 2 N–H and O–H groups in total. The Labute approximate surface area is 92.6 Å². The summed E-state index contributed by atoms with van der Waals surface area (Å²) < 4.78 is 9.90. The first-order valence-corrected chi connectivity index (χ1v) is 4.85. The molecule has 0 unspecified atom stereocenters. The second kappa shape index (κ2) is 5.66. The summed E-state index contributed by atoms with van der Waals surface area (Å²) in [6, 6.07) is 0. The SMILES string of the molecule is COCO[C@H]1C[C@@H](C(=O)O)CN(C(=O)O)C1. The third-order valence-electron chi connectivity index (χ3n) is 2.45. The van der Waals surface area contributed by atoms with E-state index in [0.29, 0.717) is 6.42 Å². The van der Waals surface area contributed by atoms with E-state index < -0.39 is 24.1 Å². The summed E-state index contributed by atoms with van der Waals surface area (Å²) in [5.74, 6) is -1.72. The number of aliphatic carboxylic acids is 1. The second-order valence-electron chi connectivity index (χ2n) is 3.65. The Bertz CT molecular complexity index is 247. The number of amides is 1. The molecule has 92 valence electrons. The van der Waals surface area contributed by atoms with E-state index in [4.69, 9.17) is 19.7 Å². The van der Waals surface area contributed by atoms with Crippen molar-refractivity contribution in [2.75, 3.05) is 27.0 Å². The predicted octanol–water partition coefficient (Wildman–Crippen LogP) is 0.0600. The van der Waals surface area contributed by atoms with E-state index in [1.54, 1.807) is 0 Å². The maximum Gasteiger partial charge on any atom is 0.407 e. The van der Waals surface area contributed by atoms with Crippen molar-refractivity contribution >= 4 is 12.1 Å². The number of hydrogen-bond acceptors (Lipinski definition) is 4. The van der Waals surface area contributed by atoms with Crippen LogP contribution in [0, 0.1) is 5.92 Å². The zero-order valence-corrected chi connectivity index (χ0v) is 8.96. The third kappa shape index (κ3) is 3.35. The number of methoxy groups -OCH3 is 1. The zero-order chi connectivity index (χ0) is 12.1. The molecule has 0 aromatic heterocycles.